The van der Waals surface area contributed by atoms with Gasteiger partial charge in [0.1, 0.15) is 0 Å². The molecule has 3 nitrogen and oxygen atoms in total. The van der Waals surface area contributed by atoms with Crippen LogP contribution in [-0.2, 0) is 0 Å². The average molecular weight is 286 g/mol. The van der Waals surface area contributed by atoms with Gasteiger partial charge in [-0.15, -0.1) is 0 Å². The summed E-state index contributed by atoms with van der Waals surface area (Å²) in [6, 6.07) is 0.699. The lowest BCUT2D eigenvalue weighted by Crippen LogP contribution is -2.45. The van der Waals surface area contributed by atoms with Gasteiger partial charge in [0.05, 0.1) is 0 Å². The third-order valence-corrected chi connectivity index (χ3v) is 5.62. The Kier molecular flexibility index (Phi) is 6.99. The molecule has 1 N–H and O–H groups in total. The first-order valence-corrected chi connectivity index (χ1v) is 9.21. The van der Waals surface area contributed by atoms with Crippen LogP contribution < -0.4 is 5.32 Å². The maximum absolute atomic E-state index is 3.74. The van der Waals surface area contributed by atoms with Crippen LogP contribution in [0.5, 0.6) is 0 Å². The van der Waals surface area contributed by atoms with Crippen molar-refractivity contribution in [3.8, 4) is 0 Å². The van der Waals surface area contributed by atoms with E-state index in [1.807, 2.05) is 0 Å². The smallest absolute Gasteiger partial charge is 0.0220 e. The summed E-state index contributed by atoms with van der Waals surface area (Å²) in [7, 11) is 0. The third-order valence-electron chi connectivity index (χ3n) is 4.68. The molecule has 0 aromatic rings. The van der Waals surface area contributed by atoms with E-state index in [4.69, 9.17) is 0 Å². The Labute approximate surface area is 123 Å². The van der Waals surface area contributed by atoms with E-state index in [1.54, 1.807) is 0 Å². The van der Waals surface area contributed by atoms with E-state index < -0.39 is 0 Å². The average Bonchev–Trinajstić information content (AvgIpc) is 2.71. The summed E-state index contributed by atoms with van der Waals surface area (Å²) in [5.74, 6) is 3.46. The predicted octanol–water partition coefficient (Wildman–Crippen LogP) is 1.75. The molecule has 0 saturated carbocycles. The molecule has 4 heteroatoms. The number of thioether (sulfide) groups is 1. The lowest BCUT2D eigenvalue weighted by Gasteiger charge is -2.31. The Morgan fingerprint density at radius 1 is 1.16 bits per heavy atom. The molecule has 0 aromatic carbocycles. The summed E-state index contributed by atoms with van der Waals surface area (Å²) >= 11 is 2.11. The molecule has 2 rings (SSSR count). The normalized spacial score (nSPS) is 29.1. The Morgan fingerprint density at radius 3 is 2.63 bits per heavy atom. The van der Waals surface area contributed by atoms with Crippen molar-refractivity contribution in [3.63, 3.8) is 0 Å². The second-order valence-electron chi connectivity index (χ2n) is 6.05. The first-order chi connectivity index (χ1) is 9.29. The van der Waals surface area contributed by atoms with E-state index in [2.05, 4.69) is 40.7 Å². The van der Waals surface area contributed by atoms with Gasteiger partial charge in [-0.1, -0.05) is 20.3 Å². The maximum atomic E-state index is 3.74. The summed E-state index contributed by atoms with van der Waals surface area (Å²) in [6.07, 6.45) is 2.59. The van der Waals surface area contributed by atoms with Gasteiger partial charge >= 0.3 is 0 Å². The topological polar surface area (TPSA) is 18.5 Å². The lowest BCUT2D eigenvalue weighted by atomic mass is 9.99. The largest absolute Gasteiger partial charge is 0.312 e. The van der Waals surface area contributed by atoms with Gasteiger partial charge in [0, 0.05) is 50.3 Å². The molecule has 0 spiro atoms. The van der Waals surface area contributed by atoms with Crippen molar-refractivity contribution in [2.75, 3.05) is 57.3 Å². The Bertz CT molecular complexity index is 244. The lowest BCUT2D eigenvalue weighted by molar-refractivity contribution is 0.198. The summed E-state index contributed by atoms with van der Waals surface area (Å²) in [6.45, 7) is 13.6. The molecule has 0 aliphatic carbocycles. The molecule has 2 saturated heterocycles. The van der Waals surface area contributed by atoms with Crippen LogP contribution in [-0.4, -0.2) is 73.2 Å². The van der Waals surface area contributed by atoms with Crippen LogP contribution in [0.3, 0.4) is 0 Å². The summed E-state index contributed by atoms with van der Waals surface area (Å²) in [5, 5.41) is 3.74. The SMILES string of the molecule is CCC(C)C1CN(CCN2CCSCC2)CCCN1. The van der Waals surface area contributed by atoms with Crippen molar-refractivity contribution < 1.29 is 0 Å². The first-order valence-electron chi connectivity index (χ1n) is 8.05. The highest BCUT2D eigenvalue weighted by atomic mass is 32.2. The van der Waals surface area contributed by atoms with E-state index >= 15 is 0 Å². The van der Waals surface area contributed by atoms with Crippen LogP contribution in [0, 0.1) is 5.92 Å². The number of nitrogens with zero attached hydrogens (tertiary/aromatic N) is 2. The molecule has 2 aliphatic heterocycles. The van der Waals surface area contributed by atoms with E-state index in [9.17, 15) is 0 Å². The fourth-order valence-corrected chi connectivity index (χ4v) is 3.98. The molecule has 2 atom stereocenters. The second kappa shape index (κ2) is 8.50. The fraction of sp³-hybridized carbons (Fsp3) is 1.00. The van der Waals surface area contributed by atoms with Crippen LogP contribution in [0.15, 0.2) is 0 Å². The van der Waals surface area contributed by atoms with Gasteiger partial charge in [-0.3, -0.25) is 0 Å². The van der Waals surface area contributed by atoms with E-state index in [0.29, 0.717) is 6.04 Å². The van der Waals surface area contributed by atoms with Crippen LogP contribution in [0.25, 0.3) is 0 Å². The summed E-state index contributed by atoms with van der Waals surface area (Å²) < 4.78 is 0. The fourth-order valence-electron chi connectivity index (χ4n) is 3.00. The van der Waals surface area contributed by atoms with E-state index in [1.165, 1.54) is 70.2 Å². The zero-order valence-corrected chi connectivity index (χ0v) is 13.6. The minimum absolute atomic E-state index is 0.699. The van der Waals surface area contributed by atoms with E-state index in [-0.39, 0.29) is 0 Å². The molecule has 112 valence electrons. The third kappa shape index (κ3) is 5.25. The Hall–Kier alpha value is 0.230. The number of hydrogen-bond donors (Lipinski definition) is 1. The van der Waals surface area contributed by atoms with Crippen molar-refractivity contribution >= 4 is 11.8 Å². The molecule has 0 amide bonds. The van der Waals surface area contributed by atoms with Crippen molar-refractivity contribution in [3.05, 3.63) is 0 Å². The van der Waals surface area contributed by atoms with E-state index in [0.717, 1.165) is 5.92 Å². The highest BCUT2D eigenvalue weighted by Crippen LogP contribution is 2.13. The first kappa shape index (κ1) is 15.6. The highest BCUT2D eigenvalue weighted by molar-refractivity contribution is 7.99. The number of hydrogen-bond acceptors (Lipinski definition) is 4. The Balaban J connectivity index is 1.74. The van der Waals surface area contributed by atoms with Gasteiger partial charge in [0.25, 0.3) is 0 Å². The zero-order chi connectivity index (χ0) is 13.5. The quantitative estimate of drug-likeness (QED) is 0.829. The molecule has 19 heavy (non-hydrogen) atoms. The van der Waals surface area contributed by atoms with Gasteiger partial charge in [-0.05, 0) is 25.4 Å². The van der Waals surface area contributed by atoms with Crippen LogP contribution in [0.2, 0.25) is 0 Å². The minimum Gasteiger partial charge on any atom is -0.312 e. The van der Waals surface area contributed by atoms with Gasteiger partial charge in [-0.25, -0.2) is 0 Å². The molecule has 2 aliphatic rings. The van der Waals surface area contributed by atoms with Crippen LogP contribution in [0.1, 0.15) is 26.7 Å². The molecule has 2 fully saturated rings. The van der Waals surface area contributed by atoms with Gasteiger partial charge in [0.15, 0.2) is 0 Å². The number of rotatable bonds is 5. The Morgan fingerprint density at radius 2 is 1.89 bits per heavy atom. The molecule has 0 radical (unpaired) electrons. The second-order valence-corrected chi connectivity index (χ2v) is 7.28. The maximum Gasteiger partial charge on any atom is 0.0220 e. The van der Waals surface area contributed by atoms with Gasteiger partial charge in [-0.2, -0.15) is 11.8 Å². The molecule has 2 heterocycles. The summed E-state index contributed by atoms with van der Waals surface area (Å²) in [4.78, 5) is 5.34. The van der Waals surface area contributed by atoms with Crippen molar-refractivity contribution in [1.29, 1.82) is 0 Å². The molecule has 0 aromatic heterocycles. The van der Waals surface area contributed by atoms with Crippen LogP contribution >= 0.6 is 11.8 Å². The predicted molar refractivity (Wildman–Crippen MR) is 86.1 cm³/mol. The van der Waals surface area contributed by atoms with Crippen molar-refractivity contribution in [2.45, 2.75) is 32.7 Å². The number of nitrogens with one attached hydrogen (secondary N) is 1. The molecular formula is C15H31N3S. The molecule has 2 unspecified atom stereocenters. The van der Waals surface area contributed by atoms with Gasteiger partial charge < -0.3 is 15.1 Å². The van der Waals surface area contributed by atoms with Gasteiger partial charge in [0.2, 0.25) is 0 Å². The van der Waals surface area contributed by atoms with Crippen molar-refractivity contribution in [1.82, 2.24) is 15.1 Å². The molecule has 0 bridgehead atoms. The minimum atomic E-state index is 0.699. The van der Waals surface area contributed by atoms with Crippen molar-refractivity contribution in [2.24, 2.45) is 5.92 Å². The van der Waals surface area contributed by atoms with Crippen LogP contribution in [0.4, 0.5) is 0 Å². The summed E-state index contributed by atoms with van der Waals surface area (Å²) in [5.41, 5.74) is 0. The zero-order valence-electron chi connectivity index (χ0n) is 12.7. The highest BCUT2D eigenvalue weighted by Gasteiger charge is 2.22. The monoisotopic (exact) mass is 285 g/mol. The molecular weight excluding hydrogens is 254 g/mol. The standard InChI is InChI=1S/C15H31N3S/c1-3-14(2)15-13-18(6-4-5-16-15)8-7-17-9-11-19-12-10-17/h14-16H,3-13H2,1-2H3.